The smallest absolute Gasteiger partial charge is 0.136 e. The van der Waals surface area contributed by atoms with Crippen LogP contribution in [0.15, 0.2) is 150 Å². The van der Waals surface area contributed by atoms with Gasteiger partial charge < -0.3 is 4.42 Å². The van der Waals surface area contributed by atoms with E-state index in [1.165, 1.54) is 73.7 Å². The summed E-state index contributed by atoms with van der Waals surface area (Å²) in [7, 11) is 0. The van der Waals surface area contributed by atoms with E-state index in [-0.39, 0.29) is 0 Å². The summed E-state index contributed by atoms with van der Waals surface area (Å²) in [6.07, 6.45) is 0. The van der Waals surface area contributed by atoms with Crippen molar-refractivity contribution in [1.29, 1.82) is 0 Å². The predicted octanol–water partition coefficient (Wildman–Crippen LogP) is 13.3. The first-order valence-corrected chi connectivity index (χ1v) is 16.8. The molecule has 0 bridgehead atoms. The van der Waals surface area contributed by atoms with Crippen LogP contribution in [0, 0.1) is 0 Å². The Hall–Kier alpha value is -5.22. The van der Waals surface area contributed by atoms with Crippen LogP contribution in [-0.2, 0) is 0 Å². The minimum absolute atomic E-state index is 0.920. The number of rotatable bonds is 3. The van der Waals surface area contributed by atoms with E-state index in [0.717, 1.165) is 21.9 Å². The van der Waals surface area contributed by atoms with E-state index in [9.17, 15) is 0 Å². The maximum atomic E-state index is 6.60. The van der Waals surface area contributed by atoms with Gasteiger partial charge in [-0.15, -0.1) is 22.7 Å². The number of hydrogen-bond acceptors (Lipinski definition) is 3. The van der Waals surface area contributed by atoms with Gasteiger partial charge in [0.1, 0.15) is 11.2 Å². The molecule has 210 valence electrons. The third kappa shape index (κ3) is 3.85. The zero-order chi connectivity index (χ0) is 29.5. The number of fused-ring (bicyclic) bond motifs is 9. The standard InChI is InChI=1S/C42H24OS2/c1-2-8-25(9-3-1)26-16-21-33-34-13-6-12-30(42(34)45-40(33)24-26)28-18-20-32-31-19-17-27(22-36(31)43-37(32)23-28)29-11-7-15-39-41(29)35-10-4-5-14-38(35)44-39/h1-24H. The van der Waals surface area contributed by atoms with Crippen molar-refractivity contribution in [2.45, 2.75) is 0 Å². The van der Waals surface area contributed by atoms with Crippen molar-refractivity contribution in [3.8, 4) is 33.4 Å². The lowest BCUT2D eigenvalue weighted by Gasteiger charge is -2.05. The molecule has 0 aliphatic rings. The van der Waals surface area contributed by atoms with Crippen LogP contribution >= 0.6 is 22.7 Å². The molecular weight excluding hydrogens is 585 g/mol. The normalized spacial score (nSPS) is 12.0. The first-order chi connectivity index (χ1) is 22.3. The maximum absolute atomic E-state index is 6.60. The van der Waals surface area contributed by atoms with Gasteiger partial charge in [0, 0.05) is 51.1 Å². The molecule has 7 aromatic carbocycles. The second-order valence-electron chi connectivity index (χ2n) is 11.7. The Morgan fingerprint density at radius 3 is 1.84 bits per heavy atom. The molecule has 10 aromatic rings. The van der Waals surface area contributed by atoms with E-state index < -0.39 is 0 Å². The highest BCUT2D eigenvalue weighted by molar-refractivity contribution is 7.26. The van der Waals surface area contributed by atoms with E-state index in [0.29, 0.717) is 0 Å². The first kappa shape index (κ1) is 25.1. The fraction of sp³-hybridized carbons (Fsp3) is 0. The predicted molar refractivity (Wildman–Crippen MR) is 196 cm³/mol. The van der Waals surface area contributed by atoms with Gasteiger partial charge in [0.15, 0.2) is 0 Å². The quantitative estimate of drug-likeness (QED) is 0.194. The summed E-state index contributed by atoms with van der Waals surface area (Å²) in [6, 6.07) is 52.8. The average molecular weight is 609 g/mol. The summed E-state index contributed by atoms with van der Waals surface area (Å²) in [5, 5.41) is 7.54. The van der Waals surface area contributed by atoms with Crippen LogP contribution in [0.2, 0.25) is 0 Å². The lowest BCUT2D eigenvalue weighted by Crippen LogP contribution is -1.79. The van der Waals surface area contributed by atoms with Crippen LogP contribution in [0.3, 0.4) is 0 Å². The highest BCUT2D eigenvalue weighted by Gasteiger charge is 2.16. The van der Waals surface area contributed by atoms with Crippen molar-refractivity contribution < 1.29 is 4.42 Å². The van der Waals surface area contributed by atoms with Crippen LogP contribution in [0.25, 0.3) is 95.7 Å². The molecule has 45 heavy (non-hydrogen) atoms. The fourth-order valence-corrected chi connectivity index (χ4v) is 9.37. The maximum Gasteiger partial charge on any atom is 0.136 e. The zero-order valence-electron chi connectivity index (χ0n) is 24.1. The number of furan rings is 1. The van der Waals surface area contributed by atoms with E-state index >= 15 is 0 Å². The zero-order valence-corrected chi connectivity index (χ0v) is 25.7. The van der Waals surface area contributed by atoms with Gasteiger partial charge in [-0.25, -0.2) is 0 Å². The Kier molecular flexibility index (Phi) is 5.39. The molecule has 0 saturated heterocycles. The molecule has 0 N–H and O–H groups in total. The van der Waals surface area contributed by atoms with Crippen LogP contribution < -0.4 is 0 Å². The summed E-state index contributed by atoms with van der Waals surface area (Å²) in [6.45, 7) is 0. The monoisotopic (exact) mass is 608 g/mol. The highest BCUT2D eigenvalue weighted by atomic mass is 32.1. The fourth-order valence-electron chi connectivity index (χ4n) is 6.96. The van der Waals surface area contributed by atoms with Crippen molar-refractivity contribution >= 4 is 85.0 Å². The van der Waals surface area contributed by atoms with Crippen LogP contribution in [-0.4, -0.2) is 0 Å². The highest BCUT2D eigenvalue weighted by Crippen LogP contribution is 2.44. The van der Waals surface area contributed by atoms with Gasteiger partial charge in [0.2, 0.25) is 0 Å². The Morgan fingerprint density at radius 1 is 0.356 bits per heavy atom. The lowest BCUT2D eigenvalue weighted by atomic mass is 9.98. The van der Waals surface area contributed by atoms with Gasteiger partial charge in [-0.1, -0.05) is 103 Å². The molecule has 0 radical (unpaired) electrons. The SMILES string of the molecule is c1ccc(-c2ccc3c(c2)sc2c(-c4ccc5c(c4)oc4cc(-c6cccc7sc8ccccc8c67)ccc45)cccc23)cc1. The summed E-state index contributed by atoms with van der Waals surface area (Å²) < 4.78 is 11.9. The van der Waals surface area contributed by atoms with Gasteiger partial charge in [-0.05, 0) is 75.8 Å². The second-order valence-corrected chi connectivity index (χ2v) is 13.8. The summed E-state index contributed by atoms with van der Waals surface area (Å²) in [5.41, 5.74) is 9.19. The molecule has 0 spiro atoms. The molecule has 0 unspecified atom stereocenters. The Morgan fingerprint density at radius 2 is 1.00 bits per heavy atom. The van der Waals surface area contributed by atoms with E-state index in [2.05, 4.69) is 146 Å². The van der Waals surface area contributed by atoms with Crippen LogP contribution in [0.1, 0.15) is 0 Å². The van der Waals surface area contributed by atoms with Crippen molar-refractivity contribution in [1.82, 2.24) is 0 Å². The summed E-state index contributed by atoms with van der Waals surface area (Å²) in [4.78, 5) is 0. The van der Waals surface area contributed by atoms with E-state index in [1.807, 2.05) is 22.7 Å². The van der Waals surface area contributed by atoms with Crippen LogP contribution in [0.4, 0.5) is 0 Å². The molecule has 0 aliphatic heterocycles. The number of hydrogen-bond donors (Lipinski definition) is 0. The number of thiophene rings is 2. The third-order valence-corrected chi connectivity index (χ3v) is 11.4. The lowest BCUT2D eigenvalue weighted by molar-refractivity contribution is 0.669. The molecule has 3 heterocycles. The van der Waals surface area contributed by atoms with E-state index in [1.54, 1.807) is 0 Å². The van der Waals surface area contributed by atoms with Gasteiger partial charge in [-0.2, -0.15) is 0 Å². The second kappa shape index (κ2) is 9.64. The molecule has 0 amide bonds. The first-order valence-electron chi connectivity index (χ1n) is 15.2. The van der Waals surface area contributed by atoms with Crippen LogP contribution in [0.5, 0.6) is 0 Å². The van der Waals surface area contributed by atoms with Gasteiger partial charge in [0.25, 0.3) is 0 Å². The number of benzene rings is 7. The molecule has 0 saturated carbocycles. The van der Waals surface area contributed by atoms with Crippen molar-refractivity contribution in [3.05, 3.63) is 146 Å². The molecular formula is C42H24OS2. The van der Waals surface area contributed by atoms with Crippen molar-refractivity contribution in [2.75, 3.05) is 0 Å². The Bertz CT molecular complexity index is 2760. The molecule has 0 atom stereocenters. The average Bonchev–Trinajstić information content (AvgIpc) is 3.78. The minimum Gasteiger partial charge on any atom is -0.456 e. The molecule has 3 aromatic heterocycles. The molecule has 10 rings (SSSR count). The Balaban J connectivity index is 1.10. The van der Waals surface area contributed by atoms with Gasteiger partial charge in [-0.3, -0.25) is 0 Å². The summed E-state index contributed by atoms with van der Waals surface area (Å²) >= 11 is 3.73. The van der Waals surface area contributed by atoms with Gasteiger partial charge in [0.05, 0.1) is 0 Å². The molecule has 0 aliphatic carbocycles. The van der Waals surface area contributed by atoms with E-state index in [4.69, 9.17) is 4.42 Å². The molecule has 3 heteroatoms. The largest absolute Gasteiger partial charge is 0.456 e. The molecule has 1 nitrogen and oxygen atoms in total. The van der Waals surface area contributed by atoms with Crippen molar-refractivity contribution in [2.24, 2.45) is 0 Å². The van der Waals surface area contributed by atoms with Crippen molar-refractivity contribution in [3.63, 3.8) is 0 Å². The van der Waals surface area contributed by atoms with Gasteiger partial charge >= 0.3 is 0 Å². The third-order valence-electron chi connectivity index (χ3n) is 9.10. The summed E-state index contributed by atoms with van der Waals surface area (Å²) in [5.74, 6) is 0. The Labute approximate surface area is 267 Å². The molecule has 0 fully saturated rings. The topological polar surface area (TPSA) is 13.1 Å². The minimum atomic E-state index is 0.920.